The van der Waals surface area contributed by atoms with Crippen molar-refractivity contribution in [1.82, 2.24) is 4.98 Å². The van der Waals surface area contributed by atoms with Crippen LogP contribution in [0.2, 0.25) is 0 Å². The quantitative estimate of drug-likeness (QED) is 0.865. The molecule has 5 nitrogen and oxygen atoms in total. The second kappa shape index (κ2) is 6.47. The maximum absolute atomic E-state index is 10.9. The topological polar surface area (TPSA) is 68.7 Å². The molecule has 1 aliphatic rings. The maximum atomic E-state index is 10.9. The summed E-state index contributed by atoms with van der Waals surface area (Å²) in [5, 5.41) is 8.97. The standard InChI is InChI=1S/C13H17NO4/c15-13(16)12-10(4-3-6-14-12)8-17-9-11-5-1-2-7-18-11/h3-4,6,11H,1-2,5,7-9H2,(H,15,16). The van der Waals surface area contributed by atoms with Crippen molar-refractivity contribution in [2.24, 2.45) is 0 Å². The molecule has 1 aromatic rings. The highest BCUT2D eigenvalue weighted by atomic mass is 16.5. The molecule has 0 bridgehead atoms. The molecule has 0 radical (unpaired) electrons. The average molecular weight is 251 g/mol. The lowest BCUT2D eigenvalue weighted by molar-refractivity contribution is -0.0449. The third-order valence-electron chi connectivity index (χ3n) is 2.93. The summed E-state index contributed by atoms with van der Waals surface area (Å²) in [6, 6.07) is 3.43. The van der Waals surface area contributed by atoms with E-state index in [9.17, 15) is 4.79 Å². The normalized spacial score (nSPS) is 19.7. The monoisotopic (exact) mass is 251 g/mol. The molecule has 1 unspecified atom stereocenters. The molecule has 2 rings (SSSR count). The molecule has 1 atom stereocenters. The van der Waals surface area contributed by atoms with Crippen LogP contribution in [-0.4, -0.2) is 35.4 Å². The predicted molar refractivity (Wildman–Crippen MR) is 64.4 cm³/mol. The number of rotatable bonds is 5. The Labute approximate surface area is 106 Å². The van der Waals surface area contributed by atoms with Crippen molar-refractivity contribution in [1.29, 1.82) is 0 Å². The van der Waals surface area contributed by atoms with E-state index in [0.717, 1.165) is 19.4 Å². The van der Waals surface area contributed by atoms with Gasteiger partial charge in [-0.15, -0.1) is 0 Å². The van der Waals surface area contributed by atoms with Gasteiger partial charge in [0.2, 0.25) is 0 Å². The van der Waals surface area contributed by atoms with Crippen molar-refractivity contribution in [2.45, 2.75) is 32.0 Å². The lowest BCUT2D eigenvalue weighted by atomic mass is 10.1. The Bertz CT molecular complexity index is 402. The molecule has 2 heterocycles. The van der Waals surface area contributed by atoms with Gasteiger partial charge in [-0.25, -0.2) is 9.78 Å². The molecule has 0 aromatic carbocycles. The summed E-state index contributed by atoms with van der Waals surface area (Å²) >= 11 is 0. The molecule has 1 fully saturated rings. The van der Waals surface area contributed by atoms with Gasteiger partial charge in [-0.3, -0.25) is 0 Å². The van der Waals surface area contributed by atoms with Gasteiger partial charge in [-0.05, 0) is 25.3 Å². The minimum Gasteiger partial charge on any atom is -0.477 e. The Morgan fingerprint density at radius 3 is 3.17 bits per heavy atom. The first-order valence-electron chi connectivity index (χ1n) is 6.14. The molecule has 0 aliphatic carbocycles. The first-order chi connectivity index (χ1) is 8.77. The van der Waals surface area contributed by atoms with E-state index in [1.807, 2.05) is 0 Å². The molecule has 1 N–H and O–H groups in total. The number of pyridine rings is 1. The molecule has 0 saturated carbocycles. The number of carbonyl (C=O) groups is 1. The Hall–Kier alpha value is -1.46. The van der Waals surface area contributed by atoms with Crippen LogP contribution in [0.3, 0.4) is 0 Å². The fourth-order valence-electron chi connectivity index (χ4n) is 1.99. The van der Waals surface area contributed by atoms with Crippen LogP contribution in [0.4, 0.5) is 0 Å². The van der Waals surface area contributed by atoms with Crippen LogP contribution in [0.25, 0.3) is 0 Å². The van der Waals surface area contributed by atoms with Crippen LogP contribution in [-0.2, 0) is 16.1 Å². The molecule has 5 heteroatoms. The number of ether oxygens (including phenoxy) is 2. The Kier molecular flexibility index (Phi) is 4.66. The Balaban J connectivity index is 1.84. The van der Waals surface area contributed by atoms with Gasteiger partial charge in [0.05, 0.1) is 19.3 Å². The van der Waals surface area contributed by atoms with E-state index in [-0.39, 0.29) is 18.4 Å². The van der Waals surface area contributed by atoms with E-state index in [4.69, 9.17) is 14.6 Å². The highest BCUT2D eigenvalue weighted by molar-refractivity contribution is 5.86. The Morgan fingerprint density at radius 2 is 2.44 bits per heavy atom. The van der Waals surface area contributed by atoms with E-state index in [1.54, 1.807) is 12.1 Å². The number of carboxylic acid groups (broad SMARTS) is 1. The van der Waals surface area contributed by atoms with Gasteiger partial charge in [0.25, 0.3) is 0 Å². The number of hydrogen-bond acceptors (Lipinski definition) is 4. The third-order valence-corrected chi connectivity index (χ3v) is 2.93. The predicted octanol–water partition coefficient (Wildman–Crippen LogP) is 1.87. The van der Waals surface area contributed by atoms with Crippen LogP contribution < -0.4 is 0 Å². The number of carboxylic acids is 1. The van der Waals surface area contributed by atoms with E-state index in [0.29, 0.717) is 12.2 Å². The molecule has 98 valence electrons. The number of aromatic nitrogens is 1. The summed E-state index contributed by atoms with van der Waals surface area (Å²) in [7, 11) is 0. The van der Waals surface area contributed by atoms with Crippen molar-refractivity contribution >= 4 is 5.97 Å². The zero-order valence-corrected chi connectivity index (χ0v) is 10.2. The van der Waals surface area contributed by atoms with Gasteiger partial charge < -0.3 is 14.6 Å². The van der Waals surface area contributed by atoms with E-state index in [1.165, 1.54) is 12.6 Å². The zero-order chi connectivity index (χ0) is 12.8. The van der Waals surface area contributed by atoms with E-state index < -0.39 is 5.97 Å². The first kappa shape index (κ1) is 13.0. The maximum Gasteiger partial charge on any atom is 0.354 e. The Morgan fingerprint density at radius 1 is 1.56 bits per heavy atom. The van der Waals surface area contributed by atoms with Crippen LogP contribution in [0.5, 0.6) is 0 Å². The summed E-state index contributed by atoms with van der Waals surface area (Å²) in [6.07, 6.45) is 4.91. The molecule has 18 heavy (non-hydrogen) atoms. The summed E-state index contributed by atoms with van der Waals surface area (Å²) < 4.78 is 11.1. The van der Waals surface area contributed by atoms with Gasteiger partial charge in [0, 0.05) is 18.4 Å². The summed E-state index contributed by atoms with van der Waals surface area (Å²) in [5.74, 6) is -1.02. The zero-order valence-electron chi connectivity index (χ0n) is 10.2. The summed E-state index contributed by atoms with van der Waals surface area (Å²) in [6.45, 7) is 1.56. The second-order valence-electron chi connectivity index (χ2n) is 4.32. The van der Waals surface area contributed by atoms with E-state index >= 15 is 0 Å². The minimum absolute atomic E-state index is 0.0575. The van der Waals surface area contributed by atoms with Gasteiger partial charge in [-0.1, -0.05) is 6.07 Å². The number of aromatic carboxylic acids is 1. The molecular weight excluding hydrogens is 234 g/mol. The fourth-order valence-corrected chi connectivity index (χ4v) is 1.99. The summed E-state index contributed by atoms with van der Waals surface area (Å²) in [5.41, 5.74) is 0.655. The number of hydrogen-bond donors (Lipinski definition) is 1. The van der Waals surface area contributed by atoms with E-state index in [2.05, 4.69) is 4.98 Å². The largest absolute Gasteiger partial charge is 0.477 e. The first-order valence-corrected chi connectivity index (χ1v) is 6.14. The third kappa shape index (κ3) is 3.51. The minimum atomic E-state index is -1.02. The summed E-state index contributed by atoms with van der Waals surface area (Å²) in [4.78, 5) is 14.8. The SMILES string of the molecule is O=C(O)c1ncccc1COCC1CCCCO1. The van der Waals surface area contributed by atoms with Gasteiger partial charge in [-0.2, -0.15) is 0 Å². The van der Waals surface area contributed by atoms with Crippen LogP contribution in [0.15, 0.2) is 18.3 Å². The number of nitrogens with zero attached hydrogens (tertiary/aromatic N) is 1. The van der Waals surface area contributed by atoms with Crippen molar-refractivity contribution in [3.8, 4) is 0 Å². The molecule has 0 amide bonds. The molecule has 1 saturated heterocycles. The molecule has 1 aliphatic heterocycles. The van der Waals surface area contributed by atoms with Crippen LogP contribution in [0, 0.1) is 0 Å². The lowest BCUT2D eigenvalue weighted by Gasteiger charge is -2.22. The molecular formula is C13H17NO4. The smallest absolute Gasteiger partial charge is 0.354 e. The highest BCUT2D eigenvalue weighted by Crippen LogP contribution is 2.14. The lowest BCUT2D eigenvalue weighted by Crippen LogP contribution is -2.24. The fraction of sp³-hybridized carbons (Fsp3) is 0.538. The van der Waals surface area contributed by atoms with Gasteiger partial charge in [0.1, 0.15) is 0 Å². The average Bonchev–Trinajstić information content (AvgIpc) is 2.40. The van der Waals surface area contributed by atoms with Crippen molar-refractivity contribution in [3.63, 3.8) is 0 Å². The van der Waals surface area contributed by atoms with Crippen molar-refractivity contribution in [3.05, 3.63) is 29.6 Å². The van der Waals surface area contributed by atoms with Crippen molar-refractivity contribution in [2.75, 3.05) is 13.2 Å². The second-order valence-corrected chi connectivity index (χ2v) is 4.32. The van der Waals surface area contributed by atoms with Gasteiger partial charge >= 0.3 is 5.97 Å². The van der Waals surface area contributed by atoms with Crippen LogP contribution >= 0.6 is 0 Å². The van der Waals surface area contributed by atoms with Crippen LogP contribution in [0.1, 0.15) is 35.3 Å². The highest BCUT2D eigenvalue weighted by Gasteiger charge is 2.15. The molecule has 1 aromatic heterocycles. The molecule has 0 spiro atoms. The van der Waals surface area contributed by atoms with Crippen molar-refractivity contribution < 1.29 is 19.4 Å². The van der Waals surface area contributed by atoms with Gasteiger partial charge in [0.15, 0.2) is 5.69 Å².